The highest BCUT2D eigenvalue weighted by Gasteiger charge is 2.29. The normalized spacial score (nSPS) is 18.0. The van der Waals surface area contributed by atoms with Crippen molar-refractivity contribution in [3.63, 3.8) is 0 Å². The lowest BCUT2D eigenvalue weighted by molar-refractivity contribution is -0.0341. The van der Waals surface area contributed by atoms with Gasteiger partial charge in [-0.2, -0.15) is 0 Å². The maximum atomic E-state index is 12.6. The number of carbonyl (C=O) groups excluding carboxylic acids is 2. The molecular formula is C22H27N3O6. The van der Waals surface area contributed by atoms with Crippen molar-refractivity contribution in [2.45, 2.75) is 51.9 Å². The third kappa shape index (κ3) is 5.49. The molecule has 0 unspecified atom stereocenters. The highest BCUT2D eigenvalue weighted by atomic mass is 16.6. The zero-order valence-electron chi connectivity index (χ0n) is 17.7. The fourth-order valence-electron chi connectivity index (χ4n) is 3.39. The number of amides is 1. The number of hydrogen-bond acceptors (Lipinski definition) is 6. The Hall–Kier alpha value is -3.20. The van der Waals surface area contributed by atoms with E-state index in [1.54, 1.807) is 31.2 Å². The molecule has 2 atom stereocenters. The molecule has 3 rings (SSSR count). The van der Waals surface area contributed by atoms with E-state index in [1.165, 1.54) is 10.8 Å². The number of rotatable bonds is 8. The molecule has 1 amide bonds. The molecule has 2 N–H and O–H groups in total. The van der Waals surface area contributed by atoms with Gasteiger partial charge in [-0.05, 0) is 38.3 Å². The fraction of sp³-hybridized carbons (Fsp3) is 0.455. The van der Waals surface area contributed by atoms with Gasteiger partial charge in [0.05, 0.1) is 17.2 Å². The lowest BCUT2D eigenvalue weighted by atomic mass is 10.1. The lowest BCUT2D eigenvalue weighted by Crippen LogP contribution is -2.33. The van der Waals surface area contributed by atoms with Crippen LogP contribution in [0.2, 0.25) is 0 Å². The number of aromatic nitrogens is 2. The number of ether oxygens (including phenoxy) is 2. The van der Waals surface area contributed by atoms with E-state index in [2.05, 4.69) is 10.3 Å². The van der Waals surface area contributed by atoms with E-state index < -0.39 is 29.6 Å². The van der Waals surface area contributed by atoms with Crippen LogP contribution in [0, 0.1) is 6.92 Å². The summed E-state index contributed by atoms with van der Waals surface area (Å²) in [6.07, 6.45) is 3.48. The van der Waals surface area contributed by atoms with Crippen LogP contribution >= 0.6 is 0 Å². The Morgan fingerprint density at radius 1 is 1.23 bits per heavy atom. The molecule has 1 aliphatic heterocycles. The number of nitrogens with zero attached hydrogens (tertiary/aromatic N) is 1. The molecule has 0 aliphatic carbocycles. The summed E-state index contributed by atoms with van der Waals surface area (Å²) in [7, 11) is 0. The molecule has 1 saturated heterocycles. The number of hydrogen-bond donors (Lipinski definition) is 2. The Kier molecular flexibility index (Phi) is 7.41. The molecule has 9 nitrogen and oxygen atoms in total. The van der Waals surface area contributed by atoms with Crippen molar-refractivity contribution in [1.82, 2.24) is 14.9 Å². The number of unbranched alkanes of at least 4 members (excludes halogenated alkanes) is 1. The molecule has 0 spiro atoms. The number of aryl methyl sites for hydroxylation is 1. The van der Waals surface area contributed by atoms with Gasteiger partial charge in [0.15, 0.2) is 0 Å². The van der Waals surface area contributed by atoms with Crippen molar-refractivity contribution >= 4 is 11.9 Å². The summed E-state index contributed by atoms with van der Waals surface area (Å²) in [5, 5.41) is 2.80. The van der Waals surface area contributed by atoms with Crippen molar-refractivity contribution in [2.24, 2.45) is 0 Å². The third-order valence-electron chi connectivity index (χ3n) is 5.15. The number of H-pyrrole nitrogens is 1. The maximum absolute atomic E-state index is 12.6. The highest BCUT2D eigenvalue weighted by Crippen LogP contribution is 2.27. The van der Waals surface area contributed by atoms with Gasteiger partial charge in [-0.15, -0.1) is 0 Å². The number of esters is 1. The highest BCUT2D eigenvalue weighted by molar-refractivity contribution is 6.05. The quantitative estimate of drug-likeness (QED) is 0.489. The van der Waals surface area contributed by atoms with Crippen LogP contribution in [0.1, 0.15) is 65.1 Å². The van der Waals surface area contributed by atoms with Gasteiger partial charge in [0.1, 0.15) is 12.8 Å². The monoisotopic (exact) mass is 429 g/mol. The summed E-state index contributed by atoms with van der Waals surface area (Å²) in [5.41, 5.74) is -0.0992. The van der Waals surface area contributed by atoms with Gasteiger partial charge in [0.25, 0.3) is 11.5 Å². The van der Waals surface area contributed by atoms with Crippen LogP contribution in [0.15, 0.2) is 40.1 Å². The zero-order chi connectivity index (χ0) is 22.4. The lowest BCUT2D eigenvalue weighted by Gasteiger charge is -2.16. The molecule has 1 aromatic heterocycles. The number of carbonyl (C=O) groups is 2. The molecule has 166 valence electrons. The van der Waals surface area contributed by atoms with Gasteiger partial charge < -0.3 is 14.8 Å². The SMILES string of the molecule is CCCCNC(=O)c1ccccc1C(=O)OC[C@@H]1CC[C@H](n2cc(C)c(=O)[nH]c2=O)O1. The smallest absolute Gasteiger partial charge is 0.339 e. The molecule has 1 aromatic carbocycles. The van der Waals surface area contributed by atoms with E-state index in [-0.39, 0.29) is 23.6 Å². The summed E-state index contributed by atoms with van der Waals surface area (Å²) in [6.45, 7) is 4.18. The first-order valence-electron chi connectivity index (χ1n) is 10.4. The minimum absolute atomic E-state index is 0.00178. The minimum atomic E-state index is -0.606. The Morgan fingerprint density at radius 3 is 2.71 bits per heavy atom. The molecule has 31 heavy (non-hydrogen) atoms. The second-order valence-corrected chi connectivity index (χ2v) is 7.52. The average Bonchev–Trinajstić information content (AvgIpc) is 3.23. The molecule has 2 heterocycles. The summed E-state index contributed by atoms with van der Waals surface area (Å²) in [4.78, 5) is 50.8. The predicted molar refractivity (Wildman–Crippen MR) is 113 cm³/mol. The van der Waals surface area contributed by atoms with Crippen molar-refractivity contribution in [2.75, 3.05) is 13.2 Å². The fourth-order valence-corrected chi connectivity index (χ4v) is 3.39. The zero-order valence-corrected chi connectivity index (χ0v) is 17.7. The van der Waals surface area contributed by atoms with Crippen molar-refractivity contribution in [1.29, 1.82) is 0 Å². The van der Waals surface area contributed by atoms with Crippen LogP contribution in [0.25, 0.3) is 0 Å². The first kappa shape index (κ1) is 22.5. The van der Waals surface area contributed by atoms with Crippen LogP contribution in [-0.2, 0) is 9.47 Å². The van der Waals surface area contributed by atoms with E-state index in [0.29, 0.717) is 24.9 Å². The van der Waals surface area contributed by atoms with Gasteiger partial charge >= 0.3 is 11.7 Å². The summed E-state index contributed by atoms with van der Waals surface area (Å²) in [5.74, 6) is -0.920. The molecule has 1 fully saturated rings. The third-order valence-corrected chi connectivity index (χ3v) is 5.15. The van der Waals surface area contributed by atoms with Gasteiger partial charge in [-0.3, -0.25) is 19.1 Å². The standard InChI is InChI=1S/C22H27N3O6/c1-3-4-11-23-20(27)16-7-5-6-8-17(16)21(28)30-13-15-9-10-18(31-15)25-12-14(2)19(26)24-22(25)29/h5-8,12,15,18H,3-4,9-11,13H2,1-2H3,(H,23,27)(H,24,26,29)/t15-,18+/m0/s1. The summed E-state index contributed by atoms with van der Waals surface area (Å²) in [6, 6.07) is 6.51. The van der Waals surface area contributed by atoms with E-state index >= 15 is 0 Å². The van der Waals surface area contributed by atoms with Crippen LogP contribution in [-0.4, -0.2) is 40.7 Å². The predicted octanol–water partition coefficient (Wildman–Crippen LogP) is 1.91. The summed E-state index contributed by atoms with van der Waals surface area (Å²) >= 11 is 0. The van der Waals surface area contributed by atoms with Gasteiger partial charge in [-0.25, -0.2) is 9.59 Å². The largest absolute Gasteiger partial charge is 0.459 e. The Balaban J connectivity index is 1.60. The Labute approximate surface area is 179 Å². The Bertz CT molecular complexity index is 1060. The van der Waals surface area contributed by atoms with E-state index in [4.69, 9.17) is 9.47 Å². The topological polar surface area (TPSA) is 119 Å². The Morgan fingerprint density at radius 2 is 1.97 bits per heavy atom. The van der Waals surface area contributed by atoms with Crippen molar-refractivity contribution < 1.29 is 19.1 Å². The molecular weight excluding hydrogens is 402 g/mol. The van der Waals surface area contributed by atoms with Crippen LogP contribution in [0.5, 0.6) is 0 Å². The van der Waals surface area contributed by atoms with Crippen LogP contribution < -0.4 is 16.6 Å². The first-order chi connectivity index (χ1) is 14.9. The summed E-state index contributed by atoms with van der Waals surface area (Å²) < 4.78 is 12.6. The molecule has 0 radical (unpaired) electrons. The van der Waals surface area contributed by atoms with Crippen LogP contribution in [0.4, 0.5) is 0 Å². The first-order valence-corrected chi connectivity index (χ1v) is 10.4. The number of nitrogens with one attached hydrogen (secondary N) is 2. The van der Waals surface area contributed by atoms with E-state index in [9.17, 15) is 19.2 Å². The number of aromatic amines is 1. The van der Waals surface area contributed by atoms with Gasteiger partial charge in [0, 0.05) is 18.3 Å². The molecule has 0 saturated carbocycles. The van der Waals surface area contributed by atoms with Gasteiger partial charge in [0.2, 0.25) is 0 Å². The average molecular weight is 429 g/mol. The van der Waals surface area contributed by atoms with E-state index in [0.717, 1.165) is 12.8 Å². The minimum Gasteiger partial charge on any atom is -0.459 e. The molecule has 9 heteroatoms. The molecule has 2 aromatic rings. The van der Waals surface area contributed by atoms with E-state index in [1.807, 2.05) is 6.92 Å². The second-order valence-electron chi connectivity index (χ2n) is 7.52. The van der Waals surface area contributed by atoms with Crippen molar-refractivity contribution in [3.05, 3.63) is 68.0 Å². The molecule has 1 aliphatic rings. The van der Waals surface area contributed by atoms with Crippen LogP contribution in [0.3, 0.4) is 0 Å². The number of benzene rings is 1. The van der Waals surface area contributed by atoms with Gasteiger partial charge in [-0.1, -0.05) is 25.5 Å². The van der Waals surface area contributed by atoms with Crippen molar-refractivity contribution in [3.8, 4) is 0 Å². The molecule has 0 bridgehead atoms. The second kappa shape index (κ2) is 10.2. The maximum Gasteiger partial charge on any atom is 0.339 e.